The van der Waals surface area contributed by atoms with Gasteiger partial charge in [-0.1, -0.05) is 30.3 Å². The summed E-state index contributed by atoms with van der Waals surface area (Å²) in [6.07, 6.45) is 0.787. The molecule has 0 atom stereocenters. The highest BCUT2D eigenvalue weighted by Crippen LogP contribution is 2.24. The first-order chi connectivity index (χ1) is 14.4. The van der Waals surface area contributed by atoms with Gasteiger partial charge in [-0.3, -0.25) is 9.10 Å². The summed E-state index contributed by atoms with van der Waals surface area (Å²) in [7, 11) is -0.568. The van der Waals surface area contributed by atoms with E-state index in [2.05, 4.69) is 0 Å². The van der Waals surface area contributed by atoms with Crippen molar-refractivity contribution in [1.29, 1.82) is 0 Å². The van der Waals surface area contributed by atoms with Gasteiger partial charge in [-0.05, 0) is 60.5 Å². The van der Waals surface area contributed by atoms with Crippen molar-refractivity contribution in [2.45, 2.75) is 17.7 Å². The topological polar surface area (TPSA) is 72.9 Å². The van der Waals surface area contributed by atoms with Gasteiger partial charge in [-0.15, -0.1) is 0 Å². The van der Waals surface area contributed by atoms with Crippen molar-refractivity contribution in [2.75, 3.05) is 18.5 Å². The zero-order valence-corrected chi connectivity index (χ0v) is 17.6. The maximum absolute atomic E-state index is 12.7. The fraction of sp³-hybridized carbons (Fsp3) is 0.174. The highest BCUT2D eigenvalue weighted by atomic mass is 32.2. The van der Waals surface area contributed by atoms with Crippen LogP contribution in [0.15, 0.2) is 83.8 Å². The molecule has 0 saturated carbocycles. The fourth-order valence-corrected chi connectivity index (χ4v) is 4.05. The smallest absolute Gasteiger partial charge is 0.311 e. The number of nitrogens with zero attached hydrogens (tertiary/aromatic N) is 1. The van der Waals surface area contributed by atoms with Crippen LogP contribution in [0.5, 0.6) is 11.5 Å². The van der Waals surface area contributed by atoms with E-state index in [1.165, 1.54) is 11.4 Å². The predicted molar refractivity (Wildman–Crippen MR) is 115 cm³/mol. The number of esters is 1. The number of sulfonamides is 1. The van der Waals surface area contributed by atoms with Gasteiger partial charge in [0.2, 0.25) is 0 Å². The van der Waals surface area contributed by atoms with Gasteiger partial charge in [-0.25, -0.2) is 8.42 Å². The number of ether oxygens (including phenoxy) is 2. The van der Waals surface area contributed by atoms with Gasteiger partial charge in [0.05, 0.1) is 17.7 Å². The second-order valence-electron chi connectivity index (χ2n) is 6.60. The van der Waals surface area contributed by atoms with E-state index < -0.39 is 10.0 Å². The first kappa shape index (κ1) is 21.4. The van der Waals surface area contributed by atoms with E-state index in [0.29, 0.717) is 17.9 Å². The van der Waals surface area contributed by atoms with Crippen LogP contribution < -0.4 is 13.8 Å². The summed E-state index contributed by atoms with van der Waals surface area (Å²) < 4.78 is 37.0. The van der Waals surface area contributed by atoms with Crippen LogP contribution in [0.25, 0.3) is 0 Å². The van der Waals surface area contributed by atoms with Gasteiger partial charge in [-0.2, -0.15) is 0 Å². The van der Waals surface area contributed by atoms with Crippen molar-refractivity contribution in [1.82, 2.24) is 0 Å². The third-order valence-electron chi connectivity index (χ3n) is 4.61. The molecule has 0 aromatic heterocycles. The SMILES string of the molecule is COc1ccc(CCC(=O)Oc2ccc(N(C)S(=O)(=O)c3ccccc3)cc2)cc1. The zero-order valence-electron chi connectivity index (χ0n) is 16.8. The van der Waals surface area contributed by atoms with Gasteiger partial charge in [0, 0.05) is 13.5 Å². The molecule has 0 heterocycles. The van der Waals surface area contributed by atoms with Crippen molar-refractivity contribution in [3.05, 3.63) is 84.4 Å². The molecule has 0 fully saturated rings. The number of hydrogen-bond acceptors (Lipinski definition) is 5. The molecule has 0 N–H and O–H groups in total. The summed E-state index contributed by atoms with van der Waals surface area (Å²) in [4.78, 5) is 12.3. The second-order valence-corrected chi connectivity index (χ2v) is 8.57. The minimum Gasteiger partial charge on any atom is -0.497 e. The third-order valence-corrected chi connectivity index (χ3v) is 6.41. The summed E-state index contributed by atoms with van der Waals surface area (Å²) in [6, 6.07) is 22.1. The predicted octanol–water partition coefficient (Wildman–Crippen LogP) is 4.06. The quantitative estimate of drug-likeness (QED) is 0.402. The standard InChI is InChI=1S/C23H23NO5S/c1-24(30(26,27)22-6-4-3-5-7-22)19-11-15-21(16-12-19)29-23(25)17-10-18-8-13-20(28-2)14-9-18/h3-9,11-16H,10,17H2,1-2H3. The summed E-state index contributed by atoms with van der Waals surface area (Å²) in [5.74, 6) is 0.772. The monoisotopic (exact) mass is 425 g/mol. The molecule has 0 aliphatic carbocycles. The van der Waals surface area contributed by atoms with E-state index in [1.807, 2.05) is 24.3 Å². The van der Waals surface area contributed by atoms with Crippen LogP contribution in [0.4, 0.5) is 5.69 Å². The Bertz CT molecular complexity index is 1080. The molecule has 7 heteroatoms. The number of carbonyl (C=O) groups is 1. The van der Waals surface area contributed by atoms with E-state index in [0.717, 1.165) is 11.3 Å². The zero-order chi connectivity index (χ0) is 21.6. The third kappa shape index (κ3) is 5.18. The van der Waals surface area contributed by atoms with E-state index in [4.69, 9.17) is 9.47 Å². The first-order valence-corrected chi connectivity index (χ1v) is 10.8. The van der Waals surface area contributed by atoms with Crippen LogP contribution >= 0.6 is 0 Å². The van der Waals surface area contributed by atoms with Gasteiger partial charge < -0.3 is 9.47 Å². The molecule has 0 unspecified atom stereocenters. The van der Waals surface area contributed by atoms with Crippen molar-refractivity contribution in [2.24, 2.45) is 0 Å². The summed E-state index contributed by atoms with van der Waals surface area (Å²) in [6.45, 7) is 0. The Hall–Kier alpha value is -3.32. The Kier molecular flexibility index (Phi) is 6.74. The lowest BCUT2D eigenvalue weighted by molar-refractivity contribution is -0.134. The molecule has 0 saturated heterocycles. The molecule has 3 aromatic rings. The van der Waals surface area contributed by atoms with Crippen LogP contribution in [0.2, 0.25) is 0 Å². The van der Waals surface area contributed by atoms with Crippen LogP contribution in [-0.4, -0.2) is 28.5 Å². The summed E-state index contributed by atoms with van der Waals surface area (Å²) in [5, 5.41) is 0. The molecule has 0 spiro atoms. The number of anilines is 1. The number of carbonyl (C=O) groups excluding carboxylic acids is 1. The molecule has 3 aromatic carbocycles. The van der Waals surface area contributed by atoms with E-state index >= 15 is 0 Å². The number of hydrogen-bond donors (Lipinski definition) is 0. The Morgan fingerprint density at radius 2 is 1.47 bits per heavy atom. The summed E-state index contributed by atoms with van der Waals surface area (Å²) in [5.41, 5.74) is 1.48. The molecule has 0 aliphatic rings. The van der Waals surface area contributed by atoms with Crippen molar-refractivity contribution >= 4 is 21.7 Å². The van der Waals surface area contributed by atoms with Gasteiger partial charge in [0.25, 0.3) is 10.0 Å². The minimum atomic E-state index is -3.66. The van der Waals surface area contributed by atoms with Crippen LogP contribution in [-0.2, 0) is 21.2 Å². The Morgan fingerprint density at radius 1 is 0.867 bits per heavy atom. The van der Waals surface area contributed by atoms with Gasteiger partial charge >= 0.3 is 5.97 Å². The molecular formula is C23H23NO5S. The van der Waals surface area contributed by atoms with E-state index in [9.17, 15) is 13.2 Å². The van der Waals surface area contributed by atoms with Crippen molar-refractivity contribution in [3.63, 3.8) is 0 Å². The molecule has 30 heavy (non-hydrogen) atoms. The summed E-state index contributed by atoms with van der Waals surface area (Å²) >= 11 is 0. The van der Waals surface area contributed by atoms with Crippen LogP contribution in [0, 0.1) is 0 Å². The molecule has 156 valence electrons. The maximum atomic E-state index is 12.7. The lowest BCUT2D eigenvalue weighted by atomic mass is 10.1. The number of benzene rings is 3. The van der Waals surface area contributed by atoms with E-state index in [1.54, 1.807) is 61.7 Å². The van der Waals surface area contributed by atoms with Crippen LogP contribution in [0.1, 0.15) is 12.0 Å². The van der Waals surface area contributed by atoms with E-state index in [-0.39, 0.29) is 17.3 Å². The highest BCUT2D eigenvalue weighted by Gasteiger charge is 2.20. The van der Waals surface area contributed by atoms with Crippen molar-refractivity contribution in [3.8, 4) is 11.5 Å². The lowest BCUT2D eigenvalue weighted by Gasteiger charge is -2.19. The fourth-order valence-electron chi connectivity index (χ4n) is 2.83. The van der Waals surface area contributed by atoms with Crippen LogP contribution in [0.3, 0.4) is 0 Å². The van der Waals surface area contributed by atoms with Crippen molar-refractivity contribution < 1.29 is 22.7 Å². The van der Waals surface area contributed by atoms with Gasteiger partial charge in [0.1, 0.15) is 11.5 Å². The molecule has 6 nitrogen and oxygen atoms in total. The Balaban J connectivity index is 1.59. The van der Waals surface area contributed by atoms with Gasteiger partial charge in [0.15, 0.2) is 0 Å². The average Bonchev–Trinajstić information content (AvgIpc) is 2.78. The average molecular weight is 426 g/mol. The number of rotatable bonds is 8. The first-order valence-electron chi connectivity index (χ1n) is 9.38. The number of aryl methyl sites for hydroxylation is 1. The normalized spacial score (nSPS) is 11.0. The highest BCUT2D eigenvalue weighted by molar-refractivity contribution is 7.92. The molecule has 0 amide bonds. The molecular weight excluding hydrogens is 402 g/mol. The lowest BCUT2D eigenvalue weighted by Crippen LogP contribution is -2.26. The minimum absolute atomic E-state index is 0.210. The molecule has 3 rings (SSSR count). The molecule has 0 aliphatic heterocycles. The number of methoxy groups -OCH3 is 1. The second kappa shape index (κ2) is 9.45. The molecule has 0 bridgehead atoms. The largest absolute Gasteiger partial charge is 0.497 e. The Labute approximate surface area is 176 Å². The molecule has 0 radical (unpaired) electrons. The maximum Gasteiger partial charge on any atom is 0.311 e. The Morgan fingerprint density at radius 3 is 2.07 bits per heavy atom.